The van der Waals surface area contributed by atoms with Gasteiger partial charge in [0.05, 0.1) is 10.7 Å². The summed E-state index contributed by atoms with van der Waals surface area (Å²) in [5.74, 6) is 0.983. The quantitative estimate of drug-likeness (QED) is 0.839. The lowest BCUT2D eigenvalue weighted by Crippen LogP contribution is -2.06. The molecule has 0 amide bonds. The second-order valence-electron chi connectivity index (χ2n) is 4.30. The van der Waals surface area contributed by atoms with Crippen molar-refractivity contribution in [1.29, 1.82) is 0 Å². The second kappa shape index (κ2) is 6.07. The van der Waals surface area contributed by atoms with Crippen LogP contribution >= 0.6 is 11.8 Å². The van der Waals surface area contributed by atoms with E-state index in [1.165, 1.54) is 16.2 Å². The number of rotatable bonds is 5. The van der Waals surface area contributed by atoms with E-state index >= 15 is 0 Å². The molecule has 3 nitrogen and oxygen atoms in total. The van der Waals surface area contributed by atoms with Crippen molar-refractivity contribution in [3.63, 3.8) is 0 Å². The Morgan fingerprint density at radius 1 is 1.28 bits per heavy atom. The predicted octanol–water partition coefficient (Wildman–Crippen LogP) is 2.74. The van der Waals surface area contributed by atoms with Crippen molar-refractivity contribution in [1.82, 2.24) is 15.1 Å². The molecule has 0 aliphatic rings. The Morgan fingerprint density at radius 2 is 2.00 bits per heavy atom. The molecule has 0 fully saturated rings. The van der Waals surface area contributed by atoms with Gasteiger partial charge in [-0.1, -0.05) is 30.3 Å². The van der Waals surface area contributed by atoms with Crippen LogP contribution in [0.25, 0.3) is 0 Å². The lowest BCUT2D eigenvalue weighted by atomic mass is 10.2. The molecule has 0 radical (unpaired) electrons. The van der Waals surface area contributed by atoms with Crippen LogP contribution in [0, 0.1) is 6.92 Å². The molecule has 18 heavy (non-hydrogen) atoms. The molecule has 1 aromatic heterocycles. The minimum atomic E-state index is 0.872. The van der Waals surface area contributed by atoms with Crippen LogP contribution in [0.5, 0.6) is 0 Å². The summed E-state index contributed by atoms with van der Waals surface area (Å²) in [4.78, 5) is 0. The van der Waals surface area contributed by atoms with E-state index in [0.29, 0.717) is 0 Å². The van der Waals surface area contributed by atoms with E-state index in [1.54, 1.807) is 0 Å². The summed E-state index contributed by atoms with van der Waals surface area (Å²) in [6.07, 6.45) is 0. The summed E-state index contributed by atoms with van der Waals surface area (Å²) in [6.45, 7) is 2.94. The molecule has 2 rings (SSSR count). The number of nitrogens with zero attached hydrogens (tertiary/aromatic N) is 2. The van der Waals surface area contributed by atoms with Gasteiger partial charge >= 0.3 is 0 Å². The molecule has 2 aromatic rings. The molecule has 96 valence electrons. The van der Waals surface area contributed by atoms with Crippen molar-refractivity contribution < 1.29 is 0 Å². The van der Waals surface area contributed by atoms with Crippen molar-refractivity contribution >= 4 is 11.8 Å². The Bertz CT molecular complexity index is 505. The third kappa shape index (κ3) is 2.94. The van der Waals surface area contributed by atoms with Crippen LogP contribution in [0.3, 0.4) is 0 Å². The van der Waals surface area contributed by atoms with Gasteiger partial charge in [-0.05, 0) is 19.5 Å². The van der Waals surface area contributed by atoms with E-state index in [4.69, 9.17) is 0 Å². The lowest BCUT2D eigenvalue weighted by Gasteiger charge is -2.06. The van der Waals surface area contributed by atoms with Gasteiger partial charge in [0.2, 0.25) is 0 Å². The van der Waals surface area contributed by atoms with Crippen LogP contribution in [-0.4, -0.2) is 16.8 Å². The monoisotopic (exact) mass is 261 g/mol. The molecule has 0 unspecified atom stereocenters. The number of nitrogens with one attached hydrogen (secondary N) is 1. The zero-order valence-corrected chi connectivity index (χ0v) is 11.9. The predicted molar refractivity (Wildman–Crippen MR) is 76.7 cm³/mol. The standard InChI is InChI=1S/C14H19N3S/c1-11-13(9-15-2)14(17(3)16-11)18-10-12-7-5-4-6-8-12/h4-8,15H,9-10H2,1-3H3. The Morgan fingerprint density at radius 3 is 2.67 bits per heavy atom. The van der Waals surface area contributed by atoms with E-state index in [1.807, 2.05) is 30.5 Å². The molecule has 0 saturated heterocycles. The van der Waals surface area contributed by atoms with Crippen molar-refractivity contribution in [3.8, 4) is 0 Å². The number of hydrogen-bond donors (Lipinski definition) is 1. The van der Waals surface area contributed by atoms with Crippen molar-refractivity contribution in [2.45, 2.75) is 24.2 Å². The van der Waals surface area contributed by atoms with Gasteiger partial charge in [0, 0.05) is 24.9 Å². The van der Waals surface area contributed by atoms with E-state index in [2.05, 4.69) is 47.7 Å². The number of aromatic nitrogens is 2. The number of aryl methyl sites for hydroxylation is 2. The Hall–Kier alpha value is -1.26. The van der Waals surface area contributed by atoms with Gasteiger partial charge in [0.15, 0.2) is 0 Å². The normalized spacial score (nSPS) is 10.8. The first-order valence-electron chi connectivity index (χ1n) is 6.06. The molecule has 0 spiro atoms. The van der Waals surface area contributed by atoms with Crippen molar-refractivity contribution in [2.24, 2.45) is 7.05 Å². The summed E-state index contributed by atoms with van der Waals surface area (Å²) < 4.78 is 1.98. The maximum absolute atomic E-state index is 4.50. The second-order valence-corrected chi connectivity index (χ2v) is 5.26. The first kappa shape index (κ1) is 13.2. The lowest BCUT2D eigenvalue weighted by molar-refractivity contribution is 0.683. The average Bonchev–Trinajstić information content (AvgIpc) is 2.64. The molecule has 1 aromatic carbocycles. The number of thioether (sulfide) groups is 1. The number of hydrogen-bond acceptors (Lipinski definition) is 3. The highest BCUT2D eigenvalue weighted by Gasteiger charge is 2.12. The molecule has 0 aliphatic heterocycles. The summed E-state index contributed by atoms with van der Waals surface area (Å²) in [5.41, 5.74) is 3.76. The summed E-state index contributed by atoms with van der Waals surface area (Å²) >= 11 is 1.85. The van der Waals surface area contributed by atoms with E-state index < -0.39 is 0 Å². The van der Waals surface area contributed by atoms with Crippen molar-refractivity contribution in [3.05, 3.63) is 47.2 Å². The molecule has 0 aliphatic carbocycles. The zero-order chi connectivity index (χ0) is 13.0. The highest BCUT2D eigenvalue weighted by molar-refractivity contribution is 7.98. The van der Waals surface area contributed by atoms with Crippen LogP contribution in [-0.2, 0) is 19.3 Å². The number of benzene rings is 1. The van der Waals surface area contributed by atoms with Gasteiger partial charge in [0.1, 0.15) is 0 Å². The maximum Gasteiger partial charge on any atom is 0.0987 e. The topological polar surface area (TPSA) is 29.9 Å². The van der Waals surface area contributed by atoms with Crippen LogP contribution < -0.4 is 5.32 Å². The Labute approximate surface area is 113 Å². The summed E-state index contributed by atoms with van der Waals surface area (Å²) in [7, 11) is 3.98. The molecule has 0 bridgehead atoms. The smallest absolute Gasteiger partial charge is 0.0987 e. The SMILES string of the molecule is CNCc1c(C)nn(C)c1SCc1ccccc1. The highest BCUT2D eigenvalue weighted by atomic mass is 32.2. The summed E-state index contributed by atoms with van der Waals surface area (Å²) in [6, 6.07) is 10.5. The molecule has 1 N–H and O–H groups in total. The van der Waals surface area contributed by atoms with Gasteiger partial charge in [-0.25, -0.2) is 0 Å². The van der Waals surface area contributed by atoms with Crippen LogP contribution in [0.2, 0.25) is 0 Å². The van der Waals surface area contributed by atoms with Gasteiger partial charge in [-0.2, -0.15) is 5.10 Å². The van der Waals surface area contributed by atoms with Crippen LogP contribution in [0.15, 0.2) is 35.4 Å². The van der Waals surface area contributed by atoms with Crippen LogP contribution in [0.1, 0.15) is 16.8 Å². The van der Waals surface area contributed by atoms with Crippen molar-refractivity contribution in [2.75, 3.05) is 7.05 Å². The average molecular weight is 261 g/mol. The molecule has 0 atom stereocenters. The molecule has 0 saturated carbocycles. The summed E-state index contributed by atoms with van der Waals surface area (Å²) in [5, 5.41) is 8.96. The third-order valence-electron chi connectivity index (χ3n) is 2.86. The molecular formula is C14H19N3S. The first-order valence-corrected chi connectivity index (χ1v) is 7.04. The maximum atomic E-state index is 4.50. The van der Waals surface area contributed by atoms with Gasteiger partial charge < -0.3 is 5.32 Å². The van der Waals surface area contributed by atoms with E-state index in [9.17, 15) is 0 Å². The fraction of sp³-hybridized carbons (Fsp3) is 0.357. The van der Waals surface area contributed by atoms with Gasteiger partial charge in [-0.15, -0.1) is 11.8 Å². The van der Waals surface area contributed by atoms with Crippen LogP contribution in [0.4, 0.5) is 0 Å². The first-order chi connectivity index (χ1) is 8.72. The van der Waals surface area contributed by atoms with E-state index in [-0.39, 0.29) is 0 Å². The molecule has 4 heteroatoms. The minimum absolute atomic E-state index is 0.872. The third-order valence-corrected chi connectivity index (χ3v) is 4.12. The van der Waals surface area contributed by atoms with Gasteiger partial charge in [-0.3, -0.25) is 4.68 Å². The highest BCUT2D eigenvalue weighted by Crippen LogP contribution is 2.27. The zero-order valence-electron chi connectivity index (χ0n) is 11.1. The molecule has 1 heterocycles. The Kier molecular flexibility index (Phi) is 4.44. The fourth-order valence-electron chi connectivity index (χ4n) is 1.97. The molecular weight excluding hydrogens is 242 g/mol. The fourth-order valence-corrected chi connectivity index (χ4v) is 3.09. The largest absolute Gasteiger partial charge is 0.316 e. The van der Waals surface area contributed by atoms with E-state index in [0.717, 1.165) is 18.0 Å². The minimum Gasteiger partial charge on any atom is -0.316 e. The Balaban J connectivity index is 2.13. The van der Waals surface area contributed by atoms with Gasteiger partial charge in [0.25, 0.3) is 0 Å².